The van der Waals surface area contributed by atoms with E-state index in [0.29, 0.717) is 18.6 Å². The first-order valence-electron chi connectivity index (χ1n) is 9.93. The molecule has 5 heteroatoms. The number of rotatable bonds is 5. The molecule has 1 aromatic heterocycles. The molecule has 2 aliphatic rings. The van der Waals surface area contributed by atoms with Crippen molar-refractivity contribution in [2.24, 2.45) is 0 Å². The molecule has 4 nitrogen and oxygen atoms in total. The van der Waals surface area contributed by atoms with Crippen LogP contribution in [0.5, 0.6) is 0 Å². The van der Waals surface area contributed by atoms with Crippen molar-refractivity contribution in [1.29, 1.82) is 0 Å². The minimum atomic E-state index is 0.479. The lowest BCUT2D eigenvalue weighted by atomic mass is 9.98. The first-order chi connectivity index (χ1) is 13.2. The van der Waals surface area contributed by atoms with Crippen LogP contribution in [0.3, 0.4) is 0 Å². The van der Waals surface area contributed by atoms with Crippen molar-refractivity contribution in [1.82, 2.24) is 15.6 Å². The fraction of sp³-hybridized carbons (Fsp3) is 0.500. The quantitative estimate of drug-likeness (QED) is 0.693. The molecule has 0 bridgehead atoms. The number of anilines is 1. The lowest BCUT2D eigenvalue weighted by molar-refractivity contribution is 0.460. The third-order valence-corrected chi connectivity index (χ3v) is 6.17. The van der Waals surface area contributed by atoms with Crippen LogP contribution in [0, 0.1) is 12.3 Å². The largest absolute Gasteiger partial charge is 0.375 e. The SMILES string of the molecule is C#CCN[C@@H]1CCc2ccccc21.CCCN[C@H]1CCc2nc(N)sc2C1. The molecular weight excluding hydrogens is 352 g/mol. The highest BCUT2D eigenvalue weighted by Crippen LogP contribution is 2.30. The summed E-state index contributed by atoms with van der Waals surface area (Å²) in [7, 11) is 0. The molecule has 0 aliphatic heterocycles. The molecule has 144 valence electrons. The number of hydrogen-bond donors (Lipinski definition) is 3. The summed E-state index contributed by atoms with van der Waals surface area (Å²) in [6.45, 7) is 3.99. The number of thiazole rings is 1. The lowest BCUT2D eigenvalue weighted by Gasteiger charge is -2.21. The van der Waals surface area contributed by atoms with Gasteiger partial charge in [-0.05, 0) is 56.2 Å². The molecule has 0 amide bonds. The smallest absolute Gasteiger partial charge is 0.180 e. The highest BCUT2D eigenvalue weighted by atomic mass is 32.1. The number of nitrogen functional groups attached to an aromatic ring is 1. The van der Waals surface area contributed by atoms with Gasteiger partial charge in [0.25, 0.3) is 0 Å². The van der Waals surface area contributed by atoms with Gasteiger partial charge >= 0.3 is 0 Å². The fourth-order valence-electron chi connectivity index (χ4n) is 3.87. The zero-order chi connectivity index (χ0) is 19.1. The van der Waals surface area contributed by atoms with E-state index < -0.39 is 0 Å². The van der Waals surface area contributed by atoms with Crippen molar-refractivity contribution in [3.8, 4) is 12.3 Å². The van der Waals surface area contributed by atoms with Crippen LogP contribution >= 0.6 is 11.3 Å². The second-order valence-corrected chi connectivity index (χ2v) is 8.31. The summed E-state index contributed by atoms with van der Waals surface area (Å²) in [5.74, 6) is 2.61. The van der Waals surface area contributed by atoms with Crippen molar-refractivity contribution in [3.63, 3.8) is 0 Å². The predicted octanol–water partition coefficient (Wildman–Crippen LogP) is 3.48. The zero-order valence-electron chi connectivity index (χ0n) is 16.1. The number of hydrogen-bond acceptors (Lipinski definition) is 5. The second kappa shape index (κ2) is 9.89. The Balaban J connectivity index is 0.000000156. The van der Waals surface area contributed by atoms with E-state index in [2.05, 4.69) is 52.7 Å². The molecule has 1 heterocycles. The molecule has 2 aromatic rings. The molecule has 27 heavy (non-hydrogen) atoms. The monoisotopic (exact) mass is 382 g/mol. The Bertz CT molecular complexity index is 777. The Hall–Kier alpha value is -1.87. The number of nitrogens with one attached hydrogen (secondary N) is 2. The van der Waals surface area contributed by atoms with E-state index in [9.17, 15) is 0 Å². The van der Waals surface area contributed by atoms with Crippen LogP contribution < -0.4 is 16.4 Å². The predicted molar refractivity (Wildman–Crippen MR) is 115 cm³/mol. The van der Waals surface area contributed by atoms with E-state index >= 15 is 0 Å². The molecule has 0 fully saturated rings. The minimum Gasteiger partial charge on any atom is -0.375 e. The van der Waals surface area contributed by atoms with Crippen LogP contribution in [-0.4, -0.2) is 24.1 Å². The summed E-state index contributed by atoms with van der Waals surface area (Å²) in [5, 5.41) is 7.64. The van der Waals surface area contributed by atoms with Gasteiger partial charge in [-0.2, -0.15) is 0 Å². The summed E-state index contributed by atoms with van der Waals surface area (Å²) in [5.41, 5.74) is 9.83. The topological polar surface area (TPSA) is 63.0 Å². The Kier molecular flexibility index (Phi) is 7.28. The third kappa shape index (κ3) is 5.32. The maximum atomic E-state index is 5.69. The lowest BCUT2D eigenvalue weighted by Crippen LogP contribution is -2.34. The van der Waals surface area contributed by atoms with Gasteiger partial charge in [-0.25, -0.2) is 4.98 Å². The van der Waals surface area contributed by atoms with Crippen LogP contribution in [0.15, 0.2) is 24.3 Å². The first kappa shape index (κ1) is 19.9. The fourth-order valence-corrected chi connectivity index (χ4v) is 4.83. The molecule has 0 saturated carbocycles. The standard InChI is InChI=1S/C12H13N.C10H17N3S/c1-2-9-13-12-8-7-10-5-3-4-6-11(10)12;1-2-5-12-7-3-4-8-9(6-7)14-10(11)13-8/h1,3-6,12-13H,7-9H2;7,12H,2-6H2,1H3,(H2,11,13)/t12-;7-/m10/s1. The van der Waals surface area contributed by atoms with Crippen LogP contribution in [0.1, 0.15) is 53.9 Å². The molecule has 1 aromatic carbocycles. The number of fused-ring (bicyclic) bond motifs is 2. The van der Waals surface area contributed by atoms with E-state index in [4.69, 9.17) is 12.2 Å². The van der Waals surface area contributed by atoms with E-state index in [1.807, 2.05) is 0 Å². The number of aromatic nitrogens is 1. The summed E-state index contributed by atoms with van der Waals surface area (Å²) in [4.78, 5) is 5.73. The molecule has 0 saturated heterocycles. The second-order valence-electron chi connectivity index (χ2n) is 7.19. The Labute approximate surface area is 167 Å². The van der Waals surface area contributed by atoms with Gasteiger partial charge in [-0.3, -0.25) is 5.32 Å². The van der Waals surface area contributed by atoms with Gasteiger partial charge < -0.3 is 11.1 Å². The Morgan fingerprint density at radius 1 is 1.26 bits per heavy atom. The molecule has 0 unspecified atom stereocenters. The molecule has 2 atom stereocenters. The molecular formula is C22H30N4S. The Morgan fingerprint density at radius 3 is 2.93 bits per heavy atom. The van der Waals surface area contributed by atoms with Gasteiger partial charge in [0.1, 0.15) is 0 Å². The zero-order valence-corrected chi connectivity index (χ0v) is 16.9. The molecule has 0 radical (unpaired) electrons. The summed E-state index contributed by atoms with van der Waals surface area (Å²) in [6.07, 6.45) is 12.2. The number of aryl methyl sites for hydroxylation is 2. The molecule has 4 rings (SSSR count). The molecule has 0 spiro atoms. The summed E-state index contributed by atoms with van der Waals surface area (Å²) < 4.78 is 0. The number of terminal acetylenes is 1. The van der Waals surface area contributed by atoms with Gasteiger partial charge in [0.05, 0.1) is 12.2 Å². The van der Waals surface area contributed by atoms with Gasteiger partial charge in [0.15, 0.2) is 5.13 Å². The number of benzene rings is 1. The third-order valence-electron chi connectivity index (χ3n) is 5.22. The van der Waals surface area contributed by atoms with Gasteiger partial charge in [0, 0.05) is 17.0 Å². The first-order valence-corrected chi connectivity index (χ1v) is 10.7. The van der Waals surface area contributed by atoms with E-state index in [0.717, 1.165) is 24.5 Å². The summed E-state index contributed by atoms with van der Waals surface area (Å²) in [6, 6.07) is 9.70. The van der Waals surface area contributed by atoms with Crippen molar-refractivity contribution < 1.29 is 0 Å². The average molecular weight is 383 g/mol. The van der Waals surface area contributed by atoms with Crippen molar-refractivity contribution in [3.05, 3.63) is 46.0 Å². The normalized spacial score (nSPS) is 20.1. The van der Waals surface area contributed by atoms with Crippen LogP contribution in [0.25, 0.3) is 0 Å². The van der Waals surface area contributed by atoms with Crippen LogP contribution in [0.4, 0.5) is 5.13 Å². The van der Waals surface area contributed by atoms with Gasteiger partial charge in [-0.15, -0.1) is 17.8 Å². The van der Waals surface area contributed by atoms with Crippen molar-refractivity contribution in [2.45, 2.75) is 57.5 Å². The Morgan fingerprint density at radius 2 is 2.11 bits per heavy atom. The maximum Gasteiger partial charge on any atom is 0.180 e. The number of nitrogens with two attached hydrogens (primary N) is 1. The van der Waals surface area contributed by atoms with E-state index in [-0.39, 0.29) is 0 Å². The molecule has 2 aliphatic carbocycles. The van der Waals surface area contributed by atoms with Crippen LogP contribution in [0.2, 0.25) is 0 Å². The van der Waals surface area contributed by atoms with Crippen molar-refractivity contribution >= 4 is 16.5 Å². The van der Waals surface area contributed by atoms with Gasteiger partial charge in [-0.1, -0.05) is 37.1 Å². The van der Waals surface area contributed by atoms with Crippen molar-refractivity contribution in [2.75, 3.05) is 18.8 Å². The number of nitrogens with zero attached hydrogens (tertiary/aromatic N) is 1. The summed E-state index contributed by atoms with van der Waals surface area (Å²) >= 11 is 1.65. The van der Waals surface area contributed by atoms with Gasteiger partial charge in [0.2, 0.25) is 0 Å². The van der Waals surface area contributed by atoms with Crippen LogP contribution in [-0.2, 0) is 19.3 Å². The highest BCUT2D eigenvalue weighted by Gasteiger charge is 2.21. The van der Waals surface area contributed by atoms with E-state index in [1.54, 1.807) is 11.3 Å². The molecule has 4 N–H and O–H groups in total. The minimum absolute atomic E-state index is 0.479. The maximum absolute atomic E-state index is 5.69. The average Bonchev–Trinajstić information content (AvgIpc) is 3.27. The highest BCUT2D eigenvalue weighted by molar-refractivity contribution is 7.15. The van der Waals surface area contributed by atoms with E-state index in [1.165, 1.54) is 47.4 Å².